The highest BCUT2D eigenvalue weighted by Gasteiger charge is 2.17. The molecule has 1 heterocycles. The summed E-state index contributed by atoms with van der Waals surface area (Å²) in [5, 5.41) is 9.77. The minimum atomic E-state index is -0.292. The molecule has 5 heteroatoms. The van der Waals surface area contributed by atoms with Gasteiger partial charge < -0.3 is 10.1 Å². The van der Waals surface area contributed by atoms with Crippen LogP contribution in [0.4, 0.5) is 4.39 Å². The molecule has 26 heavy (non-hydrogen) atoms. The zero-order valence-electron chi connectivity index (χ0n) is 13.6. The maximum atomic E-state index is 13.3. The van der Waals surface area contributed by atoms with Crippen LogP contribution >= 0.6 is 15.9 Å². The summed E-state index contributed by atoms with van der Waals surface area (Å²) in [7, 11) is 0. The van der Waals surface area contributed by atoms with Gasteiger partial charge in [-0.25, -0.2) is 9.37 Å². The van der Waals surface area contributed by atoms with Crippen molar-refractivity contribution in [3.8, 4) is 39.7 Å². The van der Waals surface area contributed by atoms with E-state index in [9.17, 15) is 9.50 Å². The van der Waals surface area contributed by atoms with Crippen molar-refractivity contribution in [3.05, 3.63) is 83.1 Å². The minimum Gasteiger partial charge on any atom is -0.508 e. The Morgan fingerprint density at radius 1 is 0.885 bits per heavy atom. The number of hydrogen-bond acceptors (Lipinski definition) is 2. The minimum absolute atomic E-state index is 0.171. The second-order valence-corrected chi connectivity index (χ2v) is 6.70. The third-order valence-electron chi connectivity index (χ3n) is 4.08. The molecule has 1 aromatic heterocycles. The zero-order chi connectivity index (χ0) is 18.1. The number of nitrogens with zero attached hydrogens (tertiary/aromatic N) is 1. The lowest BCUT2D eigenvalue weighted by atomic mass is 10.1. The Morgan fingerprint density at radius 2 is 1.65 bits per heavy atom. The number of aromatic nitrogens is 2. The van der Waals surface area contributed by atoms with Gasteiger partial charge in [0, 0.05) is 21.2 Å². The number of rotatable bonds is 3. The molecular weight excluding hydrogens is 395 g/mol. The van der Waals surface area contributed by atoms with E-state index in [0.717, 1.165) is 32.6 Å². The fourth-order valence-corrected chi connectivity index (χ4v) is 3.32. The monoisotopic (exact) mass is 408 g/mol. The Labute approximate surface area is 158 Å². The summed E-state index contributed by atoms with van der Waals surface area (Å²) in [4.78, 5) is 8.08. The van der Waals surface area contributed by atoms with Gasteiger partial charge in [0.1, 0.15) is 17.4 Å². The molecule has 4 aromatic rings. The van der Waals surface area contributed by atoms with Crippen molar-refractivity contribution in [2.75, 3.05) is 0 Å². The molecule has 0 amide bonds. The van der Waals surface area contributed by atoms with Crippen molar-refractivity contribution in [2.24, 2.45) is 0 Å². The van der Waals surface area contributed by atoms with Gasteiger partial charge in [0.2, 0.25) is 0 Å². The van der Waals surface area contributed by atoms with E-state index in [1.54, 1.807) is 30.3 Å². The molecule has 0 fully saturated rings. The summed E-state index contributed by atoms with van der Waals surface area (Å²) in [6.07, 6.45) is 0. The zero-order valence-corrected chi connectivity index (χ0v) is 15.2. The summed E-state index contributed by atoms with van der Waals surface area (Å²) in [5.41, 5.74) is 4.06. The van der Waals surface area contributed by atoms with Gasteiger partial charge in [0.15, 0.2) is 0 Å². The van der Waals surface area contributed by atoms with Gasteiger partial charge in [-0.1, -0.05) is 46.3 Å². The lowest BCUT2D eigenvalue weighted by molar-refractivity contribution is 0.475. The number of aromatic hydroxyl groups is 1. The predicted octanol–water partition coefficient (Wildman–Crippen LogP) is 6.02. The first-order valence-corrected chi connectivity index (χ1v) is 8.81. The maximum absolute atomic E-state index is 13.3. The molecule has 0 bridgehead atoms. The van der Waals surface area contributed by atoms with E-state index >= 15 is 0 Å². The summed E-state index contributed by atoms with van der Waals surface area (Å²) in [6.45, 7) is 0. The topological polar surface area (TPSA) is 48.9 Å². The van der Waals surface area contributed by atoms with Crippen LogP contribution in [0, 0.1) is 5.82 Å². The lowest BCUT2D eigenvalue weighted by Gasteiger charge is -2.05. The maximum Gasteiger partial charge on any atom is 0.138 e. The fourth-order valence-electron chi connectivity index (χ4n) is 2.84. The third-order valence-corrected chi connectivity index (χ3v) is 4.78. The number of H-pyrrole nitrogens is 1. The highest BCUT2D eigenvalue weighted by molar-refractivity contribution is 9.10. The van der Waals surface area contributed by atoms with E-state index in [1.165, 1.54) is 12.1 Å². The van der Waals surface area contributed by atoms with Crippen molar-refractivity contribution in [2.45, 2.75) is 0 Å². The predicted molar refractivity (Wildman–Crippen MR) is 104 cm³/mol. The molecule has 0 unspecified atom stereocenters. The molecule has 128 valence electrons. The van der Waals surface area contributed by atoms with Crippen LogP contribution in [-0.4, -0.2) is 15.1 Å². The highest BCUT2D eigenvalue weighted by atomic mass is 79.9. The summed E-state index contributed by atoms with van der Waals surface area (Å²) >= 11 is 3.58. The van der Waals surface area contributed by atoms with E-state index in [0.29, 0.717) is 5.82 Å². The second-order valence-electron chi connectivity index (χ2n) is 5.85. The van der Waals surface area contributed by atoms with Crippen molar-refractivity contribution in [3.63, 3.8) is 0 Å². The van der Waals surface area contributed by atoms with Crippen LogP contribution in [0.1, 0.15) is 0 Å². The van der Waals surface area contributed by atoms with Crippen molar-refractivity contribution < 1.29 is 9.50 Å². The number of hydrogen-bond donors (Lipinski definition) is 2. The van der Waals surface area contributed by atoms with Gasteiger partial charge in [-0.2, -0.15) is 0 Å². The number of phenolic OH excluding ortho intramolecular Hbond substituents is 1. The summed E-state index contributed by atoms with van der Waals surface area (Å²) in [6, 6.07) is 21.0. The van der Waals surface area contributed by atoms with Crippen molar-refractivity contribution >= 4 is 15.9 Å². The summed E-state index contributed by atoms with van der Waals surface area (Å²) < 4.78 is 14.3. The Morgan fingerprint density at radius 3 is 2.38 bits per heavy atom. The van der Waals surface area contributed by atoms with Crippen LogP contribution in [0.15, 0.2) is 77.3 Å². The van der Waals surface area contributed by atoms with E-state index in [2.05, 4.69) is 20.9 Å². The van der Waals surface area contributed by atoms with Crippen LogP contribution in [0.2, 0.25) is 0 Å². The average Bonchev–Trinajstić information content (AvgIpc) is 3.08. The Kier molecular flexibility index (Phi) is 4.31. The quantitative estimate of drug-likeness (QED) is 0.435. The van der Waals surface area contributed by atoms with Crippen LogP contribution in [0.5, 0.6) is 5.75 Å². The fraction of sp³-hybridized carbons (Fsp3) is 0. The molecule has 3 aromatic carbocycles. The molecule has 3 nitrogen and oxygen atoms in total. The SMILES string of the molecule is Oc1cccc(-c2nc(-c3ccc(F)cc3)c(-c3ccccc3Br)[nH]2)c1. The molecule has 0 atom stereocenters. The van der Waals surface area contributed by atoms with Gasteiger partial charge in [-0.3, -0.25) is 0 Å². The first-order valence-electron chi connectivity index (χ1n) is 8.02. The molecule has 0 spiro atoms. The molecule has 0 saturated heterocycles. The number of halogens is 2. The van der Waals surface area contributed by atoms with Gasteiger partial charge in [-0.15, -0.1) is 0 Å². The lowest BCUT2D eigenvalue weighted by Crippen LogP contribution is -1.85. The van der Waals surface area contributed by atoms with Crippen LogP contribution in [0.3, 0.4) is 0 Å². The Bertz CT molecular complexity index is 1070. The normalized spacial score (nSPS) is 10.8. The molecular formula is C21H14BrFN2O. The number of phenols is 1. The molecule has 0 radical (unpaired) electrons. The van der Waals surface area contributed by atoms with E-state index in [-0.39, 0.29) is 11.6 Å². The van der Waals surface area contributed by atoms with Gasteiger partial charge in [0.25, 0.3) is 0 Å². The van der Waals surface area contributed by atoms with E-state index < -0.39 is 0 Å². The van der Waals surface area contributed by atoms with Crippen LogP contribution in [-0.2, 0) is 0 Å². The van der Waals surface area contributed by atoms with Gasteiger partial charge >= 0.3 is 0 Å². The molecule has 0 saturated carbocycles. The second kappa shape index (κ2) is 6.77. The van der Waals surface area contributed by atoms with Gasteiger partial charge in [-0.05, 0) is 42.5 Å². The molecule has 2 N–H and O–H groups in total. The van der Waals surface area contributed by atoms with Gasteiger partial charge in [0.05, 0.1) is 11.4 Å². The smallest absolute Gasteiger partial charge is 0.138 e. The number of benzene rings is 3. The molecule has 0 aliphatic carbocycles. The third kappa shape index (κ3) is 3.13. The highest BCUT2D eigenvalue weighted by Crippen LogP contribution is 2.36. The Hall–Kier alpha value is -2.92. The number of aromatic amines is 1. The van der Waals surface area contributed by atoms with E-state index in [1.807, 2.05) is 30.3 Å². The Balaban J connectivity index is 1.93. The molecule has 4 rings (SSSR count). The summed E-state index contributed by atoms with van der Waals surface area (Å²) in [5.74, 6) is 0.510. The van der Waals surface area contributed by atoms with Crippen LogP contribution < -0.4 is 0 Å². The number of nitrogens with one attached hydrogen (secondary N) is 1. The van der Waals surface area contributed by atoms with Crippen molar-refractivity contribution in [1.29, 1.82) is 0 Å². The molecule has 0 aliphatic rings. The van der Waals surface area contributed by atoms with Crippen molar-refractivity contribution in [1.82, 2.24) is 9.97 Å². The first-order chi connectivity index (χ1) is 12.6. The average molecular weight is 409 g/mol. The first kappa shape index (κ1) is 16.5. The van der Waals surface area contributed by atoms with E-state index in [4.69, 9.17) is 4.98 Å². The molecule has 0 aliphatic heterocycles. The van der Waals surface area contributed by atoms with Crippen LogP contribution in [0.25, 0.3) is 33.9 Å². The standard InChI is InChI=1S/C21H14BrFN2O/c22-18-7-2-1-6-17(18)20-19(13-8-10-15(23)11-9-13)24-21(25-20)14-4-3-5-16(26)12-14/h1-12,26H,(H,24,25). The largest absolute Gasteiger partial charge is 0.508 e. The number of imidazole rings is 1.